The van der Waals surface area contributed by atoms with E-state index in [2.05, 4.69) is 5.32 Å². The molecule has 1 fully saturated rings. The van der Waals surface area contributed by atoms with Gasteiger partial charge < -0.3 is 5.32 Å². The average Bonchev–Trinajstić information content (AvgIpc) is 2.73. The Bertz CT molecular complexity index is 1140. The fourth-order valence-electron chi connectivity index (χ4n) is 3.65. The summed E-state index contributed by atoms with van der Waals surface area (Å²) in [5.41, 5.74) is 1.76. The number of aryl methyl sites for hydroxylation is 1. The van der Waals surface area contributed by atoms with Gasteiger partial charge in [-0.1, -0.05) is 29.8 Å². The number of piperidine rings is 1. The smallest absolute Gasteiger partial charge is 0.243 e. The highest BCUT2D eigenvalue weighted by atomic mass is 32.2. The Morgan fingerprint density at radius 2 is 1.58 bits per heavy atom. The van der Waals surface area contributed by atoms with Gasteiger partial charge in [0.05, 0.1) is 21.8 Å². The van der Waals surface area contributed by atoms with Gasteiger partial charge in [0.1, 0.15) is 0 Å². The molecule has 1 amide bonds. The SMILES string of the molecule is Cc1ccc(S(=O)(=O)N2CCC[C@@H](C(=O)N[C@H](C)c3ccc(S(C)(=O)=O)cc3)C2)cc1. The van der Waals surface area contributed by atoms with Crippen LogP contribution in [0.25, 0.3) is 0 Å². The summed E-state index contributed by atoms with van der Waals surface area (Å²) in [6.07, 6.45) is 2.37. The van der Waals surface area contributed by atoms with Gasteiger partial charge >= 0.3 is 0 Å². The molecule has 1 N–H and O–H groups in total. The molecule has 2 atom stereocenters. The van der Waals surface area contributed by atoms with Crippen LogP contribution in [0.2, 0.25) is 0 Å². The van der Waals surface area contributed by atoms with E-state index >= 15 is 0 Å². The van der Waals surface area contributed by atoms with E-state index in [0.717, 1.165) is 17.4 Å². The molecule has 1 heterocycles. The zero-order chi connectivity index (χ0) is 22.8. The number of nitrogens with one attached hydrogen (secondary N) is 1. The molecule has 31 heavy (non-hydrogen) atoms. The van der Waals surface area contributed by atoms with E-state index in [1.807, 2.05) is 13.8 Å². The summed E-state index contributed by atoms with van der Waals surface area (Å²) in [5.74, 6) is -0.643. The van der Waals surface area contributed by atoms with Gasteiger partial charge in [-0.25, -0.2) is 16.8 Å². The number of nitrogens with zero attached hydrogens (tertiary/aromatic N) is 1. The highest BCUT2D eigenvalue weighted by molar-refractivity contribution is 7.90. The van der Waals surface area contributed by atoms with Crippen LogP contribution in [0, 0.1) is 12.8 Å². The first-order valence-electron chi connectivity index (χ1n) is 10.2. The summed E-state index contributed by atoms with van der Waals surface area (Å²) in [4.78, 5) is 13.3. The predicted molar refractivity (Wildman–Crippen MR) is 119 cm³/mol. The molecular weight excluding hydrogens is 436 g/mol. The Balaban J connectivity index is 1.67. The lowest BCUT2D eigenvalue weighted by atomic mass is 9.98. The van der Waals surface area contributed by atoms with Crippen LogP contribution in [-0.2, 0) is 24.7 Å². The number of benzene rings is 2. The molecule has 2 aromatic rings. The lowest BCUT2D eigenvalue weighted by Crippen LogP contribution is -2.45. The van der Waals surface area contributed by atoms with Crippen LogP contribution in [-0.4, -0.2) is 46.4 Å². The maximum absolute atomic E-state index is 13.0. The molecule has 9 heteroatoms. The Kier molecular flexibility index (Phi) is 6.88. The summed E-state index contributed by atoms with van der Waals surface area (Å²) in [6, 6.07) is 12.8. The van der Waals surface area contributed by atoms with Gasteiger partial charge in [-0.3, -0.25) is 4.79 Å². The van der Waals surface area contributed by atoms with Crippen molar-refractivity contribution in [3.8, 4) is 0 Å². The predicted octanol–water partition coefficient (Wildman–Crippen LogP) is 2.68. The standard InChI is InChI=1S/C22H28N2O5S2/c1-16-6-10-21(11-7-16)31(28,29)24-14-4-5-19(15-24)22(25)23-17(2)18-8-12-20(13-9-18)30(3,26)27/h6-13,17,19H,4-5,14-15H2,1-3H3,(H,23,25)/t17-,19-/m1/s1. The van der Waals surface area contributed by atoms with Gasteiger partial charge in [-0.2, -0.15) is 4.31 Å². The lowest BCUT2D eigenvalue weighted by molar-refractivity contribution is -0.126. The van der Waals surface area contributed by atoms with Crippen LogP contribution in [0.15, 0.2) is 58.3 Å². The average molecular weight is 465 g/mol. The zero-order valence-electron chi connectivity index (χ0n) is 17.9. The summed E-state index contributed by atoms with van der Waals surface area (Å²) in [7, 11) is -6.93. The molecule has 7 nitrogen and oxygen atoms in total. The van der Waals surface area contributed by atoms with Crippen molar-refractivity contribution in [1.29, 1.82) is 0 Å². The van der Waals surface area contributed by atoms with Crippen LogP contribution < -0.4 is 5.32 Å². The third-order valence-electron chi connectivity index (χ3n) is 5.58. The molecular formula is C22H28N2O5S2. The van der Waals surface area contributed by atoms with Gasteiger partial charge in [0.2, 0.25) is 15.9 Å². The molecule has 168 valence electrons. The number of rotatable bonds is 6. The minimum absolute atomic E-state index is 0.141. The first kappa shape index (κ1) is 23.4. The minimum Gasteiger partial charge on any atom is -0.349 e. The fraction of sp³-hybridized carbons (Fsp3) is 0.409. The van der Waals surface area contributed by atoms with Crippen molar-refractivity contribution in [2.45, 2.75) is 42.5 Å². The first-order valence-corrected chi connectivity index (χ1v) is 13.5. The lowest BCUT2D eigenvalue weighted by Gasteiger charge is -2.32. The van der Waals surface area contributed by atoms with E-state index in [4.69, 9.17) is 0 Å². The van der Waals surface area contributed by atoms with E-state index in [0.29, 0.717) is 19.4 Å². The van der Waals surface area contributed by atoms with Crippen molar-refractivity contribution in [3.05, 3.63) is 59.7 Å². The molecule has 0 aromatic heterocycles. The normalized spacial score (nSPS) is 19.0. The molecule has 1 aliphatic heterocycles. The fourth-order valence-corrected chi connectivity index (χ4v) is 5.81. The molecule has 2 aromatic carbocycles. The Morgan fingerprint density at radius 1 is 1.00 bits per heavy atom. The second kappa shape index (κ2) is 9.10. The van der Waals surface area contributed by atoms with Gasteiger partial charge in [0, 0.05) is 19.3 Å². The van der Waals surface area contributed by atoms with Crippen LogP contribution in [0.5, 0.6) is 0 Å². The van der Waals surface area contributed by atoms with Crippen molar-refractivity contribution in [3.63, 3.8) is 0 Å². The van der Waals surface area contributed by atoms with Crippen molar-refractivity contribution in [2.75, 3.05) is 19.3 Å². The highest BCUT2D eigenvalue weighted by Gasteiger charge is 2.33. The molecule has 1 aliphatic rings. The van der Waals surface area contributed by atoms with Gasteiger partial charge in [-0.15, -0.1) is 0 Å². The summed E-state index contributed by atoms with van der Waals surface area (Å²) in [6.45, 7) is 4.24. The van der Waals surface area contributed by atoms with Crippen LogP contribution in [0.1, 0.15) is 36.9 Å². The quantitative estimate of drug-likeness (QED) is 0.708. The number of carbonyl (C=O) groups is 1. The Labute approximate surface area is 184 Å². The summed E-state index contributed by atoms with van der Waals surface area (Å²) < 4.78 is 50.5. The van der Waals surface area contributed by atoms with Gasteiger partial charge in [-0.05, 0) is 56.5 Å². The second-order valence-corrected chi connectivity index (χ2v) is 12.0. The van der Waals surface area contributed by atoms with Crippen LogP contribution in [0.4, 0.5) is 0 Å². The van der Waals surface area contributed by atoms with Gasteiger partial charge in [0.15, 0.2) is 9.84 Å². The van der Waals surface area contributed by atoms with E-state index in [9.17, 15) is 21.6 Å². The van der Waals surface area contributed by atoms with Crippen molar-refractivity contribution >= 4 is 25.8 Å². The summed E-state index contributed by atoms with van der Waals surface area (Å²) in [5, 5.41) is 2.93. The zero-order valence-corrected chi connectivity index (χ0v) is 19.5. The molecule has 3 rings (SSSR count). The van der Waals surface area contributed by atoms with E-state index in [1.165, 1.54) is 16.4 Å². The maximum Gasteiger partial charge on any atom is 0.243 e. The second-order valence-electron chi connectivity index (χ2n) is 8.09. The highest BCUT2D eigenvalue weighted by Crippen LogP contribution is 2.25. The largest absolute Gasteiger partial charge is 0.349 e. The Hall–Kier alpha value is -2.23. The van der Waals surface area contributed by atoms with Crippen molar-refractivity contribution in [2.24, 2.45) is 5.92 Å². The van der Waals surface area contributed by atoms with Crippen LogP contribution in [0.3, 0.4) is 0 Å². The molecule has 0 unspecified atom stereocenters. The number of hydrogen-bond acceptors (Lipinski definition) is 5. The number of amides is 1. The number of carbonyl (C=O) groups excluding carboxylic acids is 1. The Morgan fingerprint density at radius 3 is 2.16 bits per heavy atom. The maximum atomic E-state index is 13.0. The van der Waals surface area contributed by atoms with E-state index in [-0.39, 0.29) is 28.3 Å². The van der Waals surface area contributed by atoms with Crippen molar-refractivity contribution < 1.29 is 21.6 Å². The van der Waals surface area contributed by atoms with E-state index < -0.39 is 25.8 Å². The third kappa shape index (κ3) is 5.53. The number of sulfone groups is 1. The van der Waals surface area contributed by atoms with Gasteiger partial charge in [0.25, 0.3) is 0 Å². The first-order chi connectivity index (χ1) is 14.5. The molecule has 0 radical (unpaired) electrons. The molecule has 0 spiro atoms. The molecule has 0 saturated carbocycles. The van der Waals surface area contributed by atoms with E-state index in [1.54, 1.807) is 36.4 Å². The number of sulfonamides is 1. The van der Waals surface area contributed by atoms with Crippen LogP contribution >= 0.6 is 0 Å². The molecule has 0 bridgehead atoms. The van der Waals surface area contributed by atoms with Crippen molar-refractivity contribution in [1.82, 2.24) is 9.62 Å². The topological polar surface area (TPSA) is 101 Å². The molecule has 1 saturated heterocycles. The monoisotopic (exact) mass is 464 g/mol. The number of hydrogen-bond donors (Lipinski definition) is 1. The summed E-state index contributed by atoms with van der Waals surface area (Å²) >= 11 is 0. The third-order valence-corrected chi connectivity index (χ3v) is 8.59. The minimum atomic E-state index is -3.65. The molecule has 0 aliphatic carbocycles.